The molecule has 0 aliphatic carbocycles. The van der Waals surface area contributed by atoms with Gasteiger partial charge in [-0.1, -0.05) is 12.1 Å². The van der Waals surface area contributed by atoms with E-state index in [0.717, 1.165) is 5.56 Å². The minimum Gasteiger partial charge on any atom is -0.497 e. The van der Waals surface area contributed by atoms with Gasteiger partial charge in [-0.15, -0.1) is 0 Å². The number of nitrogens with zero attached hydrogens (tertiary/aromatic N) is 2. The monoisotopic (exact) mass is 497 g/mol. The highest BCUT2D eigenvalue weighted by atomic mass is 16.6. The molecule has 2 heterocycles. The molecular weight excluding hydrogens is 470 g/mol. The van der Waals surface area contributed by atoms with Gasteiger partial charge in [-0.2, -0.15) is 5.26 Å². The molecule has 5 atom stereocenters. The Bertz CT molecular complexity index is 1280. The first-order valence-corrected chi connectivity index (χ1v) is 11.2. The lowest BCUT2D eigenvalue weighted by Gasteiger charge is -2.48. The van der Waals surface area contributed by atoms with E-state index in [2.05, 4.69) is 11.4 Å². The average molecular weight is 498 g/mol. The first-order chi connectivity index (χ1) is 17.3. The van der Waals surface area contributed by atoms with Crippen LogP contribution < -0.4 is 10.1 Å². The van der Waals surface area contributed by atoms with E-state index < -0.39 is 49.3 Å². The third-order valence-corrected chi connectivity index (χ3v) is 6.53. The number of hydrogen-bond donors (Lipinski definition) is 6. The molecule has 0 radical (unpaired) electrons. The molecule has 1 saturated heterocycles. The van der Waals surface area contributed by atoms with Gasteiger partial charge < -0.3 is 44.9 Å². The van der Waals surface area contributed by atoms with Gasteiger partial charge in [-0.05, 0) is 29.8 Å². The maximum Gasteiger partial charge on any atom is 0.254 e. The summed E-state index contributed by atoms with van der Waals surface area (Å²) in [6.07, 6.45) is -5.13. The van der Waals surface area contributed by atoms with Crippen molar-refractivity contribution in [3.8, 4) is 11.8 Å². The summed E-state index contributed by atoms with van der Waals surface area (Å²) in [5.74, 6) is -0.181. The normalized spacial score (nSPS) is 25.9. The van der Waals surface area contributed by atoms with Crippen molar-refractivity contribution in [2.45, 2.75) is 36.7 Å². The molecule has 4 rings (SSSR count). The van der Waals surface area contributed by atoms with E-state index in [1.807, 2.05) is 0 Å². The number of amides is 1. The topological polar surface area (TPSA) is 177 Å². The molecule has 36 heavy (non-hydrogen) atoms. The zero-order valence-electron chi connectivity index (χ0n) is 19.4. The fourth-order valence-electron chi connectivity index (χ4n) is 4.39. The molecule has 1 aliphatic rings. The number of aromatic nitrogens is 1. The number of rotatable bonds is 7. The Kier molecular flexibility index (Phi) is 7.28. The van der Waals surface area contributed by atoms with E-state index in [1.54, 1.807) is 53.2 Å². The van der Waals surface area contributed by atoms with Crippen molar-refractivity contribution in [3.05, 3.63) is 65.4 Å². The largest absolute Gasteiger partial charge is 0.497 e. The maximum absolute atomic E-state index is 13.4. The zero-order chi connectivity index (χ0) is 26.0. The van der Waals surface area contributed by atoms with E-state index in [-0.39, 0.29) is 5.56 Å². The van der Waals surface area contributed by atoms with Crippen molar-refractivity contribution >= 4 is 16.8 Å². The number of fused-ring (bicyclic) bond motifs is 1. The van der Waals surface area contributed by atoms with Crippen LogP contribution in [-0.2, 0) is 11.3 Å². The predicted molar refractivity (Wildman–Crippen MR) is 126 cm³/mol. The summed E-state index contributed by atoms with van der Waals surface area (Å²) in [4.78, 5) is 13.4. The highest BCUT2D eigenvalue weighted by Gasteiger charge is 2.56. The Balaban J connectivity index is 1.71. The van der Waals surface area contributed by atoms with Crippen molar-refractivity contribution in [1.29, 1.82) is 5.26 Å². The van der Waals surface area contributed by atoms with Crippen LogP contribution >= 0.6 is 0 Å². The van der Waals surface area contributed by atoms with Gasteiger partial charge in [0, 0.05) is 24.2 Å². The van der Waals surface area contributed by atoms with Crippen LogP contribution in [-0.4, -0.2) is 86.5 Å². The molecule has 1 aromatic heterocycles. The van der Waals surface area contributed by atoms with Crippen molar-refractivity contribution in [1.82, 2.24) is 9.88 Å². The third-order valence-electron chi connectivity index (χ3n) is 6.53. The average Bonchev–Trinajstić information content (AvgIpc) is 3.26. The molecule has 1 aliphatic heterocycles. The molecule has 1 fully saturated rings. The van der Waals surface area contributed by atoms with Crippen LogP contribution in [0.5, 0.6) is 5.75 Å². The minimum atomic E-state index is -2.14. The van der Waals surface area contributed by atoms with Gasteiger partial charge in [0.05, 0.1) is 43.0 Å². The van der Waals surface area contributed by atoms with Crippen LogP contribution in [0.4, 0.5) is 0 Å². The number of hydrogen-bond acceptors (Lipinski definition) is 9. The van der Waals surface area contributed by atoms with E-state index in [1.165, 1.54) is 7.11 Å². The Labute approximate surface area is 206 Å². The third kappa shape index (κ3) is 4.42. The highest BCUT2D eigenvalue weighted by Crippen LogP contribution is 2.31. The molecule has 190 valence electrons. The van der Waals surface area contributed by atoms with Crippen molar-refractivity contribution in [2.75, 3.05) is 20.3 Å². The molecule has 2 aromatic carbocycles. The number of ether oxygens (including phenoxy) is 2. The fourth-order valence-corrected chi connectivity index (χ4v) is 4.39. The van der Waals surface area contributed by atoms with E-state index in [4.69, 9.17) is 14.7 Å². The van der Waals surface area contributed by atoms with Crippen LogP contribution in [0.3, 0.4) is 0 Å². The molecule has 6 N–H and O–H groups in total. The lowest BCUT2D eigenvalue weighted by molar-refractivity contribution is -0.288. The van der Waals surface area contributed by atoms with Crippen LogP contribution in [0.15, 0.2) is 48.7 Å². The second-order valence-electron chi connectivity index (χ2n) is 8.66. The minimum absolute atomic E-state index is 0.173. The number of nitrogens with one attached hydrogen (secondary N) is 1. The van der Waals surface area contributed by atoms with Crippen molar-refractivity contribution in [2.24, 2.45) is 0 Å². The molecule has 11 nitrogen and oxygen atoms in total. The summed E-state index contributed by atoms with van der Waals surface area (Å²) < 4.78 is 12.3. The summed E-state index contributed by atoms with van der Waals surface area (Å²) in [5, 5.41) is 62.9. The number of aliphatic hydroxyl groups is 5. The smallest absolute Gasteiger partial charge is 0.254 e. The number of methoxy groups -OCH3 is 1. The Morgan fingerprint density at radius 3 is 2.53 bits per heavy atom. The van der Waals surface area contributed by atoms with Crippen LogP contribution in [0.2, 0.25) is 0 Å². The Morgan fingerprint density at radius 1 is 1.19 bits per heavy atom. The highest BCUT2D eigenvalue weighted by molar-refractivity contribution is 6.07. The van der Waals surface area contributed by atoms with Gasteiger partial charge in [0.15, 0.2) is 6.29 Å². The molecule has 11 heteroatoms. The molecule has 0 bridgehead atoms. The number of aliphatic hydroxyl groups excluding tert-OH is 5. The van der Waals surface area contributed by atoms with Gasteiger partial charge in [0.2, 0.25) is 0 Å². The van der Waals surface area contributed by atoms with Gasteiger partial charge in [-0.3, -0.25) is 4.79 Å². The van der Waals surface area contributed by atoms with Gasteiger partial charge in [0.25, 0.3) is 5.91 Å². The van der Waals surface area contributed by atoms with Crippen LogP contribution in [0.1, 0.15) is 21.5 Å². The fraction of sp³-hybridized carbons (Fsp3) is 0.360. The molecule has 0 spiro atoms. The lowest BCUT2D eigenvalue weighted by atomic mass is 9.83. The summed E-state index contributed by atoms with van der Waals surface area (Å²) >= 11 is 0. The summed E-state index contributed by atoms with van der Waals surface area (Å²) in [6, 6.07) is 14.2. The first-order valence-electron chi connectivity index (χ1n) is 11.2. The van der Waals surface area contributed by atoms with Crippen LogP contribution in [0, 0.1) is 11.3 Å². The van der Waals surface area contributed by atoms with E-state index in [9.17, 15) is 30.3 Å². The van der Waals surface area contributed by atoms with Gasteiger partial charge >= 0.3 is 0 Å². The second kappa shape index (κ2) is 10.2. The molecule has 0 saturated carbocycles. The maximum atomic E-state index is 13.4. The second-order valence-corrected chi connectivity index (χ2v) is 8.66. The molecule has 1 unspecified atom stereocenters. The predicted octanol–water partition coefficient (Wildman–Crippen LogP) is -0.538. The standard InChI is InChI=1S/C25H27N3O8/c1-35-16-6-7-17-18(11-28(19(17)8-16)10-15-4-2-14(9-26)3-5-15)23(33)27-25(13-30)22(32)21(31)20(12-29)36-24(25)34/h2-8,11,20-22,24,29-32,34H,10,12-13H2,1H3,(H,27,33)/t20-,21-,22+,24?,25-/m1/s1. The quantitative estimate of drug-likeness (QED) is 0.250. The van der Waals surface area contributed by atoms with Gasteiger partial charge in [0.1, 0.15) is 29.6 Å². The number of nitriles is 1. The summed E-state index contributed by atoms with van der Waals surface area (Å²) in [7, 11) is 1.52. The van der Waals surface area contributed by atoms with Gasteiger partial charge in [-0.25, -0.2) is 0 Å². The first kappa shape index (κ1) is 25.6. The van der Waals surface area contributed by atoms with Crippen molar-refractivity contribution < 1.29 is 39.8 Å². The number of carbonyl (C=O) groups excluding carboxylic acids is 1. The summed E-state index contributed by atoms with van der Waals surface area (Å²) in [6.45, 7) is -1.28. The lowest BCUT2D eigenvalue weighted by Crippen LogP contribution is -2.74. The summed E-state index contributed by atoms with van der Waals surface area (Å²) in [5.41, 5.74) is 0.0771. The van der Waals surface area contributed by atoms with E-state index >= 15 is 0 Å². The van der Waals surface area contributed by atoms with Crippen LogP contribution in [0.25, 0.3) is 10.9 Å². The number of carbonyl (C=O) groups is 1. The molecule has 3 aromatic rings. The molecule has 1 amide bonds. The zero-order valence-corrected chi connectivity index (χ0v) is 19.4. The van der Waals surface area contributed by atoms with E-state index in [0.29, 0.717) is 28.8 Å². The Hall–Kier alpha value is -3.50. The Morgan fingerprint density at radius 2 is 1.92 bits per heavy atom. The molecular formula is C25H27N3O8. The SMILES string of the molecule is COc1ccc2c(C(=O)N[C@@]3(CO)C(O)O[C@H](CO)[C@@H](O)[C@@H]3O)cn(Cc3ccc(C#N)cc3)c2c1. The van der Waals surface area contributed by atoms with Crippen molar-refractivity contribution in [3.63, 3.8) is 0 Å². The number of benzene rings is 2.